The molecule has 0 aromatic carbocycles. The van der Waals surface area contributed by atoms with Crippen LogP contribution in [0.5, 0.6) is 0 Å². The average Bonchev–Trinajstić information content (AvgIpc) is 2.18. The van der Waals surface area contributed by atoms with Gasteiger partial charge in [0.05, 0.1) is 0 Å². The summed E-state index contributed by atoms with van der Waals surface area (Å²) in [6.07, 6.45) is 0. The van der Waals surface area contributed by atoms with Gasteiger partial charge in [-0.15, -0.1) is 0 Å². The number of nitrogens with two attached hydrogens (primary N) is 3. The summed E-state index contributed by atoms with van der Waals surface area (Å²) in [5.41, 5.74) is 15.4. The molecule has 0 aliphatic carbocycles. The van der Waals surface area contributed by atoms with Gasteiger partial charge < -0.3 is 23.4 Å². The predicted octanol–water partition coefficient (Wildman–Crippen LogP) is -1.47. The van der Waals surface area contributed by atoms with Crippen LogP contribution in [-0.2, 0) is 13.7 Å². The molecule has 0 amide bonds. The first kappa shape index (κ1) is 26.2. The molecule has 1 aromatic rings. The lowest BCUT2D eigenvalue weighted by Gasteiger charge is -1.93. The molecule has 0 aliphatic rings. The normalized spacial score (nSPS) is 7.74. The summed E-state index contributed by atoms with van der Waals surface area (Å²) in [7, 11) is -3.50. The SMILES string of the molecule is N.Nc1nc(N)nc(N)n1.O=[PH+]O.O=[PH+]O.O=[PH+]O. The van der Waals surface area contributed by atoms with Crippen LogP contribution < -0.4 is 23.4 Å². The zero-order valence-corrected chi connectivity index (χ0v) is 12.3. The lowest BCUT2D eigenvalue weighted by Crippen LogP contribution is -2.05. The summed E-state index contributed by atoms with van der Waals surface area (Å²) in [5, 5.41) is 0. The van der Waals surface area contributed by atoms with Crippen molar-refractivity contribution in [2.75, 3.05) is 17.2 Å². The van der Waals surface area contributed by atoms with Crippen LogP contribution in [0.25, 0.3) is 0 Å². The monoisotopic (exact) mass is 338 g/mol. The number of nitrogen functional groups attached to an aromatic ring is 3. The van der Waals surface area contributed by atoms with Crippen molar-refractivity contribution in [2.45, 2.75) is 0 Å². The molecule has 0 fully saturated rings. The molecule has 3 atom stereocenters. The maximum absolute atomic E-state index is 8.51. The Morgan fingerprint density at radius 1 is 0.684 bits per heavy atom. The Hall–Kier alpha value is -1.45. The second kappa shape index (κ2) is 21.8. The molecule has 3 unspecified atom stereocenters. The molecule has 0 saturated carbocycles. The minimum absolute atomic E-state index is 0. The number of rotatable bonds is 0. The van der Waals surface area contributed by atoms with Crippen molar-refractivity contribution in [3.8, 4) is 0 Å². The van der Waals surface area contributed by atoms with Crippen LogP contribution in [0, 0.1) is 0 Å². The Kier molecular flexibility index (Phi) is 30.0. The molecule has 0 saturated heterocycles. The van der Waals surface area contributed by atoms with E-state index in [1.165, 1.54) is 0 Å². The van der Waals surface area contributed by atoms with E-state index in [0.717, 1.165) is 0 Å². The van der Waals surface area contributed by atoms with E-state index in [1.54, 1.807) is 0 Å². The molecule has 0 radical (unpaired) electrons. The minimum atomic E-state index is -1.17. The quantitative estimate of drug-likeness (QED) is 0.267. The molecule has 12 N–H and O–H groups in total. The van der Waals surface area contributed by atoms with Crippen LogP contribution in [0.4, 0.5) is 17.8 Å². The van der Waals surface area contributed by atoms with Crippen molar-refractivity contribution in [2.24, 2.45) is 0 Å². The lowest BCUT2D eigenvalue weighted by molar-refractivity contribution is 0.523. The predicted molar refractivity (Wildman–Crippen MR) is 71.7 cm³/mol. The Morgan fingerprint density at radius 3 is 0.895 bits per heavy atom. The van der Waals surface area contributed by atoms with Gasteiger partial charge >= 0.3 is 26.1 Å². The first-order valence-electron chi connectivity index (χ1n) is 3.49. The highest BCUT2D eigenvalue weighted by molar-refractivity contribution is 7.16. The topological polar surface area (TPSA) is 264 Å². The highest BCUT2D eigenvalue weighted by Crippen LogP contribution is 1.97. The number of nitrogens with zero attached hydrogens (tertiary/aromatic N) is 3. The van der Waals surface area contributed by atoms with Crippen molar-refractivity contribution in [3.63, 3.8) is 0 Å². The molecule has 0 spiro atoms. The van der Waals surface area contributed by atoms with E-state index >= 15 is 0 Å². The second-order valence-corrected chi connectivity index (χ2v) is 2.23. The number of hydrogen-bond acceptors (Lipinski definition) is 10. The summed E-state index contributed by atoms with van der Waals surface area (Å²) >= 11 is 0. The fourth-order valence-corrected chi connectivity index (χ4v) is 0.427. The summed E-state index contributed by atoms with van der Waals surface area (Å²) < 4.78 is 25.5. The van der Waals surface area contributed by atoms with Crippen molar-refractivity contribution in [3.05, 3.63) is 0 Å². The summed E-state index contributed by atoms with van der Waals surface area (Å²) in [6.45, 7) is 0. The number of anilines is 3. The summed E-state index contributed by atoms with van der Waals surface area (Å²) in [6, 6.07) is 0. The van der Waals surface area contributed by atoms with E-state index in [1.807, 2.05) is 0 Å². The highest BCUT2D eigenvalue weighted by atomic mass is 31.1. The third kappa shape index (κ3) is 31.5. The largest absolute Gasteiger partial charge is 0.491 e. The van der Waals surface area contributed by atoms with Crippen LogP contribution >= 0.6 is 26.1 Å². The molecule has 110 valence electrons. The first-order valence-corrected chi connectivity index (χ1v) is 6.06. The smallest absolute Gasteiger partial charge is 0.368 e. The molecule has 16 heteroatoms. The van der Waals surface area contributed by atoms with Crippen molar-refractivity contribution in [1.82, 2.24) is 21.1 Å². The third-order valence-electron chi connectivity index (χ3n) is 0.687. The van der Waals surface area contributed by atoms with Gasteiger partial charge in [-0.05, 0) is 13.7 Å². The van der Waals surface area contributed by atoms with E-state index in [2.05, 4.69) is 15.0 Å². The van der Waals surface area contributed by atoms with Crippen LogP contribution in [0.15, 0.2) is 0 Å². The molecule has 13 nitrogen and oxygen atoms in total. The minimum Gasteiger partial charge on any atom is -0.368 e. The number of hydrogen-bond donors (Lipinski definition) is 7. The van der Waals surface area contributed by atoms with Crippen molar-refractivity contribution < 1.29 is 28.4 Å². The van der Waals surface area contributed by atoms with Gasteiger partial charge in [-0.3, -0.25) is 0 Å². The third-order valence-corrected chi connectivity index (χ3v) is 0.687. The van der Waals surface area contributed by atoms with Gasteiger partial charge in [0.2, 0.25) is 17.8 Å². The van der Waals surface area contributed by atoms with Gasteiger partial charge in [0.15, 0.2) is 0 Å². The van der Waals surface area contributed by atoms with E-state index in [4.69, 9.17) is 45.6 Å². The Balaban J connectivity index is -0.0000000956. The van der Waals surface area contributed by atoms with E-state index in [-0.39, 0.29) is 24.0 Å². The van der Waals surface area contributed by atoms with Crippen LogP contribution in [0.1, 0.15) is 0 Å². The van der Waals surface area contributed by atoms with Crippen molar-refractivity contribution >= 4 is 43.9 Å². The summed E-state index contributed by atoms with van der Waals surface area (Å²) in [4.78, 5) is 31.6. The zero-order valence-electron chi connectivity index (χ0n) is 9.35. The van der Waals surface area contributed by atoms with Gasteiger partial charge in [0, 0.05) is 0 Å². The van der Waals surface area contributed by atoms with Crippen LogP contribution in [-0.4, -0.2) is 29.6 Å². The van der Waals surface area contributed by atoms with Gasteiger partial charge in [0.1, 0.15) is 0 Å². The zero-order chi connectivity index (χ0) is 15.0. The maximum atomic E-state index is 8.51. The van der Waals surface area contributed by atoms with E-state index in [9.17, 15) is 0 Å². The second-order valence-electron chi connectivity index (χ2n) is 1.68. The number of aromatic nitrogens is 3. The van der Waals surface area contributed by atoms with Gasteiger partial charge in [-0.1, -0.05) is 0 Å². The molecule has 1 rings (SSSR count). The first-order chi connectivity index (χ1) is 8.42. The molecule has 0 aliphatic heterocycles. The fraction of sp³-hybridized carbons (Fsp3) is 0. The molecule has 19 heavy (non-hydrogen) atoms. The maximum Gasteiger partial charge on any atom is 0.491 e. The average molecular weight is 338 g/mol. The highest BCUT2D eigenvalue weighted by Gasteiger charge is 1.93. The van der Waals surface area contributed by atoms with Gasteiger partial charge in [-0.25, -0.2) is 0 Å². The van der Waals surface area contributed by atoms with Crippen LogP contribution in [0.3, 0.4) is 0 Å². The molecule has 1 heterocycles. The molecule has 1 aromatic heterocycles. The fourth-order valence-electron chi connectivity index (χ4n) is 0.427. The molecular weight excluding hydrogens is 323 g/mol. The van der Waals surface area contributed by atoms with Crippen LogP contribution in [0.2, 0.25) is 0 Å². The Morgan fingerprint density at radius 2 is 0.789 bits per heavy atom. The molecular formula is C3H15N7O6P3+3. The lowest BCUT2D eigenvalue weighted by atomic mass is 10.9. The Bertz CT molecular complexity index is 290. The van der Waals surface area contributed by atoms with E-state index in [0.29, 0.717) is 0 Å². The Labute approximate surface area is 111 Å². The van der Waals surface area contributed by atoms with Gasteiger partial charge in [-0.2, -0.15) is 29.6 Å². The standard InChI is InChI=1S/C3H6N6.H3N.3HO2P/c4-1-7-2(5)9-3(6)8-1;;3*1-3-2/h(H6,4,5,6,7,8,9);1H3;3*3H/p+3. The van der Waals surface area contributed by atoms with Gasteiger partial charge in [0.25, 0.3) is 0 Å². The van der Waals surface area contributed by atoms with E-state index < -0.39 is 26.1 Å². The summed E-state index contributed by atoms with van der Waals surface area (Å²) in [5.74, 6) is 0.125. The molecule has 0 bridgehead atoms. The van der Waals surface area contributed by atoms with Crippen molar-refractivity contribution in [1.29, 1.82) is 0 Å².